The second-order valence-electron chi connectivity index (χ2n) is 6.96. The van der Waals surface area contributed by atoms with E-state index in [1.165, 1.54) is 12.1 Å². The van der Waals surface area contributed by atoms with Crippen molar-refractivity contribution in [3.8, 4) is 11.5 Å². The molecule has 1 saturated carbocycles. The minimum Gasteiger partial charge on any atom is -0.451 e. The number of ether oxygens (including phenoxy) is 1. The molecule has 0 aromatic heterocycles. The van der Waals surface area contributed by atoms with Crippen molar-refractivity contribution in [1.82, 2.24) is 5.32 Å². The molecular formula is C20H25F2N3O. The first-order valence-corrected chi connectivity index (χ1v) is 8.94. The maximum Gasteiger partial charge on any atom is 0.198 e. The van der Waals surface area contributed by atoms with Gasteiger partial charge in [-0.3, -0.25) is 0 Å². The first-order chi connectivity index (χ1) is 12.4. The van der Waals surface area contributed by atoms with Crippen LogP contribution in [0.25, 0.3) is 0 Å². The zero-order valence-corrected chi connectivity index (χ0v) is 14.9. The van der Waals surface area contributed by atoms with Gasteiger partial charge < -0.3 is 21.5 Å². The van der Waals surface area contributed by atoms with E-state index in [2.05, 4.69) is 5.32 Å². The van der Waals surface area contributed by atoms with Crippen LogP contribution >= 0.6 is 0 Å². The molecule has 140 valence electrons. The zero-order valence-electron chi connectivity index (χ0n) is 14.9. The molecule has 26 heavy (non-hydrogen) atoms. The van der Waals surface area contributed by atoms with Gasteiger partial charge in [-0.2, -0.15) is 0 Å². The van der Waals surface area contributed by atoms with Crippen LogP contribution in [0.15, 0.2) is 30.3 Å². The van der Waals surface area contributed by atoms with E-state index in [0.717, 1.165) is 31.2 Å². The number of hydrogen-bond donors (Lipinski definition) is 3. The molecule has 0 amide bonds. The second kappa shape index (κ2) is 8.01. The number of halogens is 2. The Morgan fingerprint density at radius 3 is 2.54 bits per heavy atom. The SMILES string of the molecule is Cc1cc(Oc2c(F)ccc(CN[C@H]3CC[C@H](N)CC3)c2F)ccc1N. The van der Waals surface area contributed by atoms with E-state index in [-0.39, 0.29) is 11.8 Å². The Kier molecular flexibility index (Phi) is 5.74. The standard InChI is InChI=1S/C20H25F2N3O/c1-12-10-16(7-9-18(12)24)26-20-17(21)8-2-13(19(20)22)11-25-15-5-3-14(23)4-6-15/h2,7-10,14-15,25H,3-6,11,23-24H2,1H3/t14-,15-. The number of nitrogens with two attached hydrogens (primary N) is 2. The Balaban J connectivity index is 1.72. The molecule has 4 nitrogen and oxygen atoms in total. The van der Waals surface area contributed by atoms with Crippen LogP contribution in [0.3, 0.4) is 0 Å². The van der Waals surface area contributed by atoms with Crippen molar-refractivity contribution in [1.29, 1.82) is 0 Å². The van der Waals surface area contributed by atoms with Gasteiger partial charge in [0, 0.05) is 29.9 Å². The molecule has 0 atom stereocenters. The summed E-state index contributed by atoms with van der Waals surface area (Å²) in [6, 6.07) is 8.16. The number of benzene rings is 2. The zero-order chi connectivity index (χ0) is 18.7. The Labute approximate surface area is 152 Å². The summed E-state index contributed by atoms with van der Waals surface area (Å²) < 4.78 is 34.3. The Bertz CT molecular complexity index is 774. The molecule has 0 unspecified atom stereocenters. The molecule has 1 aliphatic carbocycles. The summed E-state index contributed by atoms with van der Waals surface area (Å²) in [6.07, 6.45) is 3.87. The third-order valence-corrected chi connectivity index (χ3v) is 4.94. The van der Waals surface area contributed by atoms with Gasteiger partial charge in [-0.25, -0.2) is 8.78 Å². The van der Waals surface area contributed by atoms with Crippen molar-refractivity contribution in [3.05, 3.63) is 53.1 Å². The van der Waals surface area contributed by atoms with Gasteiger partial charge in [-0.1, -0.05) is 6.07 Å². The third-order valence-electron chi connectivity index (χ3n) is 4.94. The molecule has 0 spiro atoms. The summed E-state index contributed by atoms with van der Waals surface area (Å²) in [5.41, 5.74) is 13.4. The highest BCUT2D eigenvalue weighted by Crippen LogP contribution is 2.31. The Hall–Kier alpha value is -2.18. The molecule has 1 fully saturated rings. The van der Waals surface area contributed by atoms with Gasteiger partial charge in [0.2, 0.25) is 0 Å². The van der Waals surface area contributed by atoms with Gasteiger partial charge >= 0.3 is 0 Å². The summed E-state index contributed by atoms with van der Waals surface area (Å²) in [5.74, 6) is -1.45. The van der Waals surface area contributed by atoms with Crippen LogP contribution in [0, 0.1) is 18.6 Å². The predicted octanol–water partition coefficient (Wildman–Crippen LogP) is 4.01. The van der Waals surface area contributed by atoms with Crippen molar-refractivity contribution in [2.75, 3.05) is 5.73 Å². The van der Waals surface area contributed by atoms with Crippen molar-refractivity contribution < 1.29 is 13.5 Å². The molecule has 0 heterocycles. The minimum absolute atomic E-state index is 0.263. The van der Waals surface area contributed by atoms with E-state index in [1.807, 2.05) is 6.92 Å². The normalized spacial score (nSPS) is 20.2. The molecule has 0 radical (unpaired) electrons. The number of anilines is 1. The second-order valence-corrected chi connectivity index (χ2v) is 6.96. The van der Waals surface area contributed by atoms with Crippen molar-refractivity contribution in [3.63, 3.8) is 0 Å². The molecule has 0 aliphatic heterocycles. The Morgan fingerprint density at radius 2 is 1.85 bits per heavy atom. The summed E-state index contributed by atoms with van der Waals surface area (Å²) in [6.45, 7) is 2.13. The third kappa shape index (κ3) is 4.31. The lowest BCUT2D eigenvalue weighted by Crippen LogP contribution is -2.37. The average Bonchev–Trinajstić information content (AvgIpc) is 2.62. The van der Waals surface area contributed by atoms with Gasteiger partial charge in [0.15, 0.2) is 17.4 Å². The molecule has 0 saturated heterocycles. The number of rotatable bonds is 5. The van der Waals surface area contributed by atoms with Crippen LogP contribution in [0.1, 0.15) is 36.8 Å². The lowest BCUT2D eigenvalue weighted by Gasteiger charge is -2.27. The summed E-state index contributed by atoms with van der Waals surface area (Å²) in [5, 5.41) is 3.34. The van der Waals surface area contributed by atoms with Crippen LogP contribution in [0.4, 0.5) is 14.5 Å². The summed E-state index contributed by atoms with van der Waals surface area (Å²) in [7, 11) is 0. The van der Waals surface area contributed by atoms with Crippen LogP contribution in [0.5, 0.6) is 11.5 Å². The predicted molar refractivity (Wildman–Crippen MR) is 99.1 cm³/mol. The molecule has 6 heteroatoms. The number of aryl methyl sites for hydroxylation is 1. The van der Waals surface area contributed by atoms with Crippen molar-refractivity contribution >= 4 is 5.69 Å². The minimum atomic E-state index is -0.732. The highest BCUT2D eigenvalue weighted by atomic mass is 19.1. The van der Waals surface area contributed by atoms with Crippen molar-refractivity contribution in [2.45, 2.75) is 51.2 Å². The first-order valence-electron chi connectivity index (χ1n) is 8.94. The smallest absolute Gasteiger partial charge is 0.198 e. The number of nitrogens with one attached hydrogen (secondary N) is 1. The fourth-order valence-corrected chi connectivity index (χ4v) is 3.21. The number of hydrogen-bond acceptors (Lipinski definition) is 4. The molecular weight excluding hydrogens is 336 g/mol. The maximum absolute atomic E-state index is 14.8. The van der Waals surface area contributed by atoms with E-state index < -0.39 is 11.6 Å². The summed E-state index contributed by atoms with van der Waals surface area (Å²) in [4.78, 5) is 0. The van der Waals surface area contributed by atoms with E-state index in [9.17, 15) is 8.78 Å². The molecule has 3 rings (SSSR count). The molecule has 2 aromatic rings. The van der Waals surface area contributed by atoms with Gasteiger partial charge in [0.25, 0.3) is 0 Å². The van der Waals surface area contributed by atoms with Crippen LogP contribution in [-0.2, 0) is 6.54 Å². The maximum atomic E-state index is 14.8. The van der Waals surface area contributed by atoms with Gasteiger partial charge in [0.1, 0.15) is 5.75 Å². The largest absolute Gasteiger partial charge is 0.451 e. The quantitative estimate of drug-likeness (QED) is 0.704. The van der Waals surface area contributed by atoms with Gasteiger partial charge in [0.05, 0.1) is 0 Å². The van der Waals surface area contributed by atoms with Crippen LogP contribution < -0.4 is 21.5 Å². The average molecular weight is 361 g/mol. The molecule has 1 aliphatic rings. The van der Waals surface area contributed by atoms with Gasteiger partial charge in [-0.15, -0.1) is 0 Å². The topological polar surface area (TPSA) is 73.3 Å². The molecule has 0 bridgehead atoms. The van der Waals surface area contributed by atoms with E-state index >= 15 is 0 Å². The van der Waals surface area contributed by atoms with Gasteiger partial charge in [-0.05, 0) is 62.4 Å². The fourth-order valence-electron chi connectivity index (χ4n) is 3.21. The monoisotopic (exact) mass is 361 g/mol. The summed E-state index contributed by atoms with van der Waals surface area (Å²) >= 11 is 0. The Morgan fingerprint density at radius 1 is 1.12 bits per heavy atom. The first kappa shape index (κ1) is 18.6. The number of nitrogen functional groups attached to an aromatic ring is 1. The lowest BCUT2D eigenvalue weighted by molar-refractivity contribution is 0.338. The van der Waals surface area contributed by atoms with E-state index in [0.29, 0.717) is 29.6 Å². The van der Waals surface area contributed by atoms with Crippen LogP contribution in [0.2, 0.25) is 0 Å². The van der Waals surface area contributed by atoms with E-state index in [1.54, 1.807) is 18.2 Å². The highest BCUT2D eigenvalue weighted by Gasteiger charge is 2.20. The fraction of sp³-hybridized carbons (Fsp3) is 0.400. The lowest BCUT2D eigenvalue weighted by atomic mass is 9.92. The highest BCUT2D eigenvalue weighted by molar-refractivity contribution is 5.50. The molecule has 2 aromatic carbocycles. The van der Waals surface area contributed by atoms with Crippen molar-refractivity contribution in [2.24, 2.45) is 5.73 Å². The van der Waals surface area contributed by atoms with E-state index in [4.69, 9.17) is 16.2 Å². The molecule has 5 N–H and O–H groups in total. The van der Waals surface area contributed by atoms with Crippen LogP contribution in [-0.4, -0.2) is 12.1 Å².